The lowest BCUT2D eigenvalue weighted by Gasteiger charge is -2.17. The normalized spacial score (nSPS) is 12.3. The van der Waals surface area contributed by atoms with Crippen molar-refractivity contribution in [3.63, 3.8) is 0 Å². The van der Waals surface area contributed by atoms with E-state index in [1.807, 2.05) is 0 Å². The Morgan fingerprint density at radius 1 is 1.22 bits per heavy atom. The number of nitrogens with one attached hydrogen (secondary N) is 2. The van der Waals surface area contributed by atoms with Crippen molar-refractivity contribution in [1.29, 1.82) is 0 Å². The SMILES string of the molecule is CCc1nncn1CCNC(=NCCCc1ccccc1)NC(C)CC.I. The van der Waals surface area contributed by atoms with Crippen molar-refractivity contribution in [3.05, 3.63) is 48.0 Å². The van der Waals surface area contributed by atoms with E-state index in [0.29, 0.717) is 6.04 Å². The lowest BCUT2D eigenvalue weighted by molar-refractivity contribution is 0.598. The molecule has 0 aliphatic heterocycles. The van der Waals surface area contributed by atoms with Gasteiger partial charge >= 0.3 is 0 Å². The lowest BCUT2D eigenvalue weighted by Crippen LogP contribution is -2.43. The summed E-state index contributed by atoms with van der Waals surface area (Å²) >= 11 is 0. The van der Waals surface area contributed by atoms with Crippen molar-refractivity contribution in [2.24, 2.45) is 4.99 Å². The van der Waals surface area contributed by atoms with Crippen molar-refractivity contribution in [1.82, 2.24) is 25.4 Å². The number of hydrogen-bond acceptors (Lipinski definition) is 3. The Morgan fingerprint density at radius 2 is 2.00 bits per heavy atom. The quantitative estimate of drug-likeness (QED) is 0.235. The third-order valence-corrected chi connectivity index (χ3v) is 4.39. The number of nitrogens with zero attached hydrogens (tertiary/aromatic N) is 4. The molecule has 0 aliphatic rings. The molecule has 0 amide bonds. The molecule has 150 valence electrons. The molecule has 0 bridgehead atoms. The van der Waals surface area contributed by atoms with Crippen LogP contribution < -0.4 is 10.6 Å². The van der Waals surface area contributed by atoms with Gasteiger partial charge in [0.25, 0.3) is 0 Å². The van der Waals surface area contributed by atoms with Gasteiger partial charge in [0.15, 0.2) is 5.96 Å². The Bertz CT molecular complexity index is 656. The molecule has 0 radical (unpaired) electrons. The second-order valence-corrected chi connectivity index (χ2v) is 6.49. The highest BCUT2D eigenvalue weighted by molar-refractivity contribution is 14.0. The zero-order valence-corrected chi connectivity index (χ0v) is 19.0. The van der Waals surface area contributed by atoms with Gasteiger partial charge in [-0.05, 0) is 31.7 Å². The van der Waals surface area contributed by atoms with E-state index in [1.54, 1.807) is 6.33 Å². The highest BCUT2D eigenvalue weighted by Gasteiger charge is 2.05. The Hall–Kier alpha value is -1.64. The van der Waals surface area contributed by atoms with Gasteiger partial charge in [-0.15, -0.1) is 34.2 Å². The smallest absolute Gasteiger partial charge is 0.191 e. The van der Waals surface area contributed by atoms with Crippen LogP contribution in [0.25, 0.3) is 0 Å². The minimum absolute atomic E-state index is 0. The number of guanidine groups is 1. The van der Waals surface area contributed by atoms with Gasteiger partial charge in [0.2, 0.25) is 0 Å². The molecule has 1 heterocycles. The summed E-state index contributed by atoms with van der Waals surface area (Å²) in [5.41, 5.74) is 1.37. The molecule has 6 nitrogen and oxygen atoms in total. The topological polar surface area (TPSA) is 67.1 Å². The third kappa shape index (κ3) is 8.73. The molecule has 7 heteroatoms. The number of aryl methyl sites for hydroxylation is 2. The maximum absolute atomic E-state index is 4.74. The van der Waals surface area contributed by atoms with E-state index >= 15 is 0 Å². The van der Waals surface area contributed by atoms with Crippen LogP contribution in [-0.2, 0) is 19.4 Å². The number of hydrogen-bond donors (Lipinski definition) is 2. The Balaban J connectivity index is 0.00000364. The fourth-order valence-electron chi connectivity index (χ4n) is 2.64. The molecule has 0 aliphatic carbocycles. The second kappa shape index (κ2) is 13.5. The number of benzene rings is 1. The van der Waals surface area contributed by atoms with E-state index in [-0.39, 0.29) is 24.0 Å². The second-order valence-electron chi connectivity index (χ2n) is 6.49. The van der Waals surface area contributed by atoms with Crippen LogP contribution in [0.1, 0.15) is 45.0 Å². The van der Waals surface area contributed by atoms with E-state index in [1.165, 1.54) is 5.56 Å². The first-order chi connectivity index (χ1) is 12.7. The zero-order valence-electron chi connectivity index (χ0n) is 16.7. The fraction of sp³-hybridized carbons (Fsp3) is 0.550. The lowest BCUT2D eigenvalue weighted by atomic mass is 10.1. The average Bonchev–Trinajstić information content (AvgIpc) is 3.13. The first-order valence-corrected chi connectivity index (χ1v) is 9.68. The van der Waals surface area contributed by atoms with Crippen molar-refractivity contribution < 1.29 is 0 Å². The van der Waals surface area contributed by atoms with Crippen molar-refractivity contribution in [3.8, 4) is 0 Å². The van der Waals surface area contributed by atoms with Crippen molar-refractivity contribution in [2.45, 2.75) is 59.0 Å². The van der Waals surface area contributed by atoms with Crippen molar-refractivity contribution in [2.75, 3.05) is 13.1 Å². The predicted molar refractivity (Wildman–Crippen MR) is 123 cm³/mol. The van der Waals surface area contributed by atoms with Crippen LogP contribution in [0.5, 0.6) is 0 Å². The summed E-state index contributed by atoms with van der Waals surface area (Å²) in [7, 11) is 0. The summed E-state index contributed by atoms with van der Waals surface area (Å²) in [5, 5.41) is 15.0. The Labute approximate surface area is 180 Å². The molecule has 0 saturated carbocycles. The van der Waals surface area contributed by atoms with Gasteiger partial charge in [0.1, 0.15) is 12.2 Å². The number of halogens is 1. The average molecular weight is 484 g/mol. The Morgan fingerprint density at radius 3 is 2.70 bits per heavy atom. The maximum Gasteiger partial charge on any atom is 0.191 e. The first kappa shape index (κ1) is 23.4. The minimum Gasteiger partial charge on any atom is -0.355 e. The summed E-state index contributed by atoms with van der Waals surface area (Å²) in [6.45, 7) is 8.89. The van der Waals surface area contributed by atoms with E-state index in [0.717, 1.165) is 57.1 Å². The van der Waals surface area contributed by atoms with E-state index in [4.69, 9.17) is 4.99 Å². The molecular formula is C20H33IN6. The molecule has 0 spiro atoms. The van der Waals surface area contributed by atoms with Crippen LogP contribution >= 0.6 is 24.0 Å². The minimum atomic E-state index is 0. The van der Waals surface area contributed by atoms with Crippen LogP contribution in [0, 0.1) is 0 Å². The molecule has 1 unspecified atom stereocenters. The van der Waals surface area contributed by atoms with Gasteiger partial charge in [-0.25, -0.2) is 0 Å². The molecule has 2 rings (SSSR count). The maximum atomic E-state index is 4.74. The van der Waals surface area contributed by atoms with Crippen LogP contribution in [0.4, 0.5) is 0 Å². The molecule has 1 atom stereocenters. The summed E-state index contributed by atoms with van der Waals surface area (Å²) in [6.07, 6.45) is 5.85. The summed E-state index contributed by atoms with van der Waals surface area (Å²) in [4.78, 5) is 4.74. The van der Waals surface area contributed by atoms with Crippen LogP contribution in [0.2, 0.25) is 0 Å². The molecule has 1 aromatic carbocycles. The summed E-state index contributed by atoms with van der Waals surface area (Å²) in [6, 6.07) is 11.0. The third-order valence-electron chi connectivity index (χ3n) is 4.39. The van der Waals surface area contributed by atoms with Crippen molar-refractivity contribution >= 4 is 29.9 Å². The molecular weight excluding hydrogens is 451 g/mol. The van der Waals surface area contributed by atoms with E-state index in [2.05, 4.69) is 76.5 Å². The van der Waals surface area contributed by atoms with Gasteiger partial charge in [0, 0.05) is 32.1 Å². The fourth-order valence-corrected chi connectivity index (χ4v) is 2.64. The first-order valence-electron chi connectivity index (χ1n) is 9.68. The van der Waals surface area contributed by atoms with E-state index in [9.17, 15) is 0 Å². The van der Waals surface area contributed by atoms with Crippen LogP contribution in [0.3, 0.4) is 0 Å². The van der Waals surface area contributed by atoms with Gasteiger partial charge in [-0.2, -0.15) is 0 Å². The molecule has 2 aromatic rings. The van der Waals surface area contributed by atoms with Crippen LogP contribution in [-0.4, -0.2) is 39.9 Å². The number of aromatic nitrogens is 3. The highest BCUT2D eigenvalue weighted by Crippen LogP contribution is 2.02. The standard InChI is InChI=1S/C20H32N6.HI/c1-4-17(3)24-20(21-13-9-12-18-10-7-6-8-11-18)22-14-15-26-16-23-25-19(26)5-2;/h6-8,10-11,16-17H,4-5,9,12-15H2,1-3H3,(H2,21,22,24);1H. The van der Waals surface area contributed by atoms with Gasteiger partial charge in [0.05, 0.1) is 0 Å². The monoisotopic (exact) mass is 484 g/mol. The molecule has 27 heavy (non-hydrogen) atoms. The summed E-state index contributed by atoms with van der Waals surface area (Å²) in [5.74, 6) is 1.90. The zero-order chi connectivity index (χ0) is 18.6. The molecule has 1 aromatic heterocycles. The molecule has 2 N–H and O–H groups in total. The molecule has 0 saturated heterocycles. The Kier molecular flexibility index (Phi) is 11.7. The van der Waals surface area contributed by atoms with Crippen LogP contribution in [0.15, 0.2) is 41.7 Å². The highest BCUT2D eigenvalue weighted by atomic mass is 127. The van der Waals surface area contributed by atoms with Gasteiger partial charge < -0.3 is 15.2 Å². The number of rotatable bonds is 10. The molecule has 0 fully saturated rings. The largest absolute Gasteiger partial charge is 0.355 e. The summed E-state index contributed by atoms with van der Waals surface area (Å²) < 4.78 is 2.09. The predicted octanol–water partition coefficient (Wildman–Crippen LogP) is 3.43. The van der Waals surface area contributed by atoms with Gasteiger partial charge in [-0.1, -0.05) is 44.2 Å². The van der Waals surface area contributed by atoms with Gasteiger partial charge in [-0.3, -0.25) is 4.99 Å². The van der Waals surface area contributed by atoms with E-state index < -0.39 is 0 Å². The number of aliphatic imine (C=N–C) groups is 1.